The van der Waals surface area contributed by atoms with Crippen molar-refractivity contribution in [1.29, 1.82) is 0 Å². The van der Waals surface area contributed by atoms with Crippen molar-refractivity contribution < 1.29 is 14.4 Å². The van der Waals surface area contributed by atoms with E-state index in [4.69, 9.17) is 14.4 Å². The Hall–Kier alpha value is -0.910. The molecule has 16 heavy (non-hydrogen) atoms. The average Bonchev–Trinajstić information content (AvgIpc) is 2.61. The third kappa shape index (κ3) is 2.42. The fourth-order valence-corrected chi connectivity index (χ4v) is 2.06. The van der Waals surface area contributed by atoms with Gasteiger partial charge in [0.25, 0.3) is 0 Å². The van der Waals surface area contributed by atoms with Gasteiger partial charge in [0.1, 0.15) is 6.61 Å². The van der Waals surface area contributed by atoms with Crippen molar-refractivity contribution in [1.82, 2.24) is 10.5 Å². The molecular formula is C11H18N2O3. The van der Waals surface area contributed by atoms with E-state index < -0.39 is 0 Å². The fourth-order valence-electron chi connectivity index (χ4n) is 2.06. The van der Waals surface area contributed by atoms with Gasteiger partial charge in [0.15, 0.2) is 5.76 Å². The summed E-state index contributed by atoms with van der Waals surface area (Å²) in [6.07, 6.45) is 0.772. The van der Waals surface area contributed by atoms with Gasteiger partial charge in [-0.25, -0.2) is 0 Å². The van der Waals surface area contributed by atoms with Crippen LogP contribution in [-0.4, -0.2) is 35.1 Å². The first-order valence-corrected chi connectivity index (χ1v) is 5.54. The third-order valence-electron chi connectivity index (χ3n) is 2.63. The van der Waals surface area contributed by atoms with Gasteiger partial charge in [0.2, 0.25) is 0 Å². The van der Waals surface area contributed by atoms with Crippen LogP contribution < -0.4 is 5.32 Å². The highest BCUT2D eigenvalue weighted by Gasteiger charge is 2.39. The Morgan fingerprint density at radius 2 is 2.31 bits per heavy atom. The minimum absolute atomic E-state index is 0.0161. The molecule has 0 atom stereocenters. The van der Waals surface area contributed by atoms with Gasteiger partial charge in [-0.2, -0.15) is 0 Å². The number of nitrogens with one attached hydrogen (secondary N) is 1. The molecule has 0 unspecified atom stereocenters. The Kier molecular flexibility index (Phi) is 3.28. The van der Waals surface area contributed by atoms with Gasteiger partial charge in [-0.05, 0) is 0 Å². The molecular weight excluding hydrogens is 208 g/mol. The zero-order chi connectivity index (χ0) is 11.6. The molecule has 5 heteroatoms. The Morgan fingerprint density at radius 1 is 1.56 bits per heavy atom. The summed E-state index contributed by atoms with van der Waals surface area (Å²) < 4.78 is 10.2. The number of hydrogen-bond acceptors (Lipinski definition) is 5. The number of aliphatic hydroxyl groups excluding tert-OH is 1. The maximum Gasteiger partial charge on any atom is 0.162 e. The first-order chi connectivity index (χ1) is 7.63. The fraction of sp³-hybridized carbons (Fsp3) is 0.727. The summed E-state index contributed by atoms with van der Waals surface area (Å²) in [5.41, 5.74) is 0.845. The van der Waals surface area contributed by atoms with Crippen molar-refractivity contribution in [3.05, 3.63) is 17.5 Å². The second kappa shape index (κ2) is 4.53. The van der Waals surface area contributed by atoms with E-state index >= 15 is 0 Å². The number of hydrogen-bond donors (Lipinski definition) is 2. The van der Waals surface area contributed by atoms with E-state index in [-0.39, 0.29) is 12.1 Å². The summed E-state index contributed by atoms with van der Waals surface area (Å²) in [4.78, 5) is 0. The minimum Gasteiger partial charge on any atom is -0.388 e. The molecule has 1 aromatic rings. The van der Waals surface area contributed by atoms with E-state index in [0.717, 1.165) is 12.1 Å². The van der Waals surface area contributed by atoms with Crippen LogP contribution in [-0.2, 0) is 17.8 Å². The predicted octanol–water partition coefficient (Wildman–Crippen LogP) is 0.476. The molecule has 1 fully saturated rings. The van der Waals surface area contributed by atoms with Crippen molar-refractivity contribution in [2.24, 2.45) is 0 Å². The van der Waals surface area contributed by atoms with Crippen LogP contribution in [0.4, 0.5) is 0 Å². The molecule has 0 aromatic carbocycles. The number of ether oxygens (including phenoxy) is 1. The van der Waals surface area contributed by atoms with Gasteiger partial charge in [-0.1, -0.05) is 19.0 Å². The van der Waals surface area contributed by atoms with Crippen molar-refractivity contribution in [3.8, 4) is 0 Å². The molecule has 0 aliphatic carbocycles. The molecule has 0 saturated carbocycles. The monoisotopic (exact) mass is 226 g/mol. The summed E-state index contributed by atoms with van der Waals surface area (Å²) in [6, 6.07) is 2.20. The standard InChI is InChI=1S/C11H18N2O3/c1-8(2)12-11(6-15-7-11)4-9-3-10(5-14)16-13-9/h3,8,12,14H,4-7H2,1-2H3. The Bertz CT molecular complexity index is 345. The molecule has 1 saturated heterocycles. The lowest BCUT2D eigenvalue weighted by Gasteiger charge is -2.43. The SMILES string of the molecule is CC(C)NC1(Cc2cc(CO)on2)COC1. The van der Waals surface area contributed by atoms with Gasteiger partial charge < -0.3 is 19.7 Å². The molecule has 1 aliphatic heterocycles. The Balaban J connectivity index is 2.00. The second-order valence-electron chi connectivity index (χ2n) is 4.69. The lowest BCUT2D eigenvalue weighted by molar-refractivity contribution is -0.0782. The Morgan fingerprint density at radius 3 is 2.75 bits per heavy atom. The number of aromatic nitrogens is 1. The topological polar surface area (TPSA) is 67.5 Å². The van der Waals surface area contributed by atoms with E-state index in [9.17, 15) is 0 Å². The van der Waals surface area contributed by atoms with Gasteiger partial charge in [0, 0.05) is 18.5 Å². The highest BCUT2D eigenvalue weighted by atomic mass is 16.5. The van der Waals surface area contributed by atoms with Crippen LogP contribution in [0, 0.1) is 0 Å². The normalized spacial score (nSPS) is 18.8. The molecule has 2 N–H and O–H groups in total. The van der Waals surface area contributed by atoms with E-state index in [1.54, 1.807) is 6.07 Å². The van der Waals surface area contributed by atoms with Crippen molar-refractivity contribution in [3.63, 3.8) is 0 Å². The van der Waals surface area contributed by atoms with Gasteiger partial charge in [-0.15, -0.1) is 0 Å². The summed E-state index contributed by atoms with van der Waals surface area (Å²) in [7, 11) is 0. The maximum atomic E-state index is 8.89. The molecule has 0 radical (unpaired) electrons. The highest BCUT2D eigenvalue weighted by molar-refractivity contribution is 5.12. The Labute approximate surface area is 94.8 Å². The van der Waals surface area contributed by atoms with Crippen LogP contribution in [0.25, 0.3) is 0 Å². The first kappa shape index (κ1) is 11.6. The molecule has 0 amide bonds. The van der Waals surface area contributed by atoms with E-state index in [0.29, 0.717) is 25.0 Å². The maximum absolute atomic E-state index is 8.89. The zero-order valence-electron chi connectivity index (χ0n) is 9.69. The quantitative estimate of drug-likeness (QED) is 0.764. The summed E-state index contributed by atoms with van der Waals surface area (Å²) >= 11 is 0. The highest BCUT2D eigenvalue weighted by Crippen LogP contribution is 2.23. The predicted molar refractivity (Wildman–Crippen MR) is 58.0 cm³/mol. The van der Waals surface area contributed by atoms with Gasteiger partial charge >= 0.3 is 0 Å². The van der Waals surface area contributed by atoms with Crippen LogP contribution in [0.2, 0.25) is 0 Å². The molecule has 2 rings (SSSR count). The lowest BCUT2D eigenvalue weighted by Crippen LogP contribution is -2.63. The van der Waals surface area contributed by atoms with Crippen LogP contribution in [0.5, 0.6) is 0 Å². The second-order valence-corrected chi connectivity index (χ2v) is 4.69. The van der Waals surface area contributed by atoms with Gasteiger partial charge in [-0.3, -0.25) is 0 Å². The third-order valence-corrected chi connectivity index (χ3v) is 2.63. The van der Waals surface area contributed by atoms with Crippen LogP contribution >= 0.6 is 0 Å². The van der Waals surface area contributed by atoms with E-state index in [2.05, 4.69) is 24.3 Å². The number of rotatable bonds is 5. The number of nitrogens with zero attached hydrogens (tertiary/aromatic N) is 1. The average molecular weight is 226 g/mol. The molecule has 2 heterocycles. The van der Waals surface area contributed by atoms with Gasteiger partial charge in [0.05, 0.1) is 24.4 Å². The number of aliphatic hydroxyl groups is 1. The van der Waals surface area contributed by atoms with Crippen LogP contribution in [0.15, 0.2) is 10.6 Å². The van der Waals surface area contributed by atoms with Crippen LogP contribution in [0.1, 0.15) is 25.3 Å². The van der Waals surface area contributed by atoms with E-state index in [1.165, 1.54) is 0 Å². The summed E-state index contributed by atoms with van der Waals surface area (Å²) in [6.45, 7) is 5.52. The van der Waals surface area contributed by atoms with Crippen molar-refractivity contribution in [2.45, 2.75) is 38.5 Å². The summed E-state index contributed by atoms with van der Waals surface area (Å²) in [5.74, 6) is 0.509. The lowest BCUT2D eigenvalue weighted by atomic mass is 9.90. The molecule has 1 aliphatic rings. The van der Waals surface area contributed by atoms with E-state index in [1.807, 2.05) is 0 Å². The zero-order valence-corrected chi connectivity index (χ0v) is 9.69. The summed E-state index contributed by atoms with van der Waals surface area (Å²) in [5, 5.41) is 16.3. The molecule has 0 bridgehead atoms. The van der Waals surface area contributed by atoms with Crippen molar-refractivity contribution >= 4 is 0 Å². The first-order valence-electron chi connectivity index (χ1n) is 5.54. The van der Waals surface area contributed by atoms with Crippen molar-refractivity contribution in [2.75, 3.05) is 13.2 Å². The smallest absolute Gasteiger partial charge is 0.162 e. The largest absolute Gasteiger partial charge is 0.388 e. The molecule has 5 nitrogen and oxygen atoms in total. The van der Waals surface area contributed by atoms with Crippen LogP contribution in [0.3, 0.4) is 0 Å². The minimum atomic E-state index is -0.103. The molecule has 1 aromatic heterocycles. The molecule has 0 spiro atoms. The molecule has 90 valence electrons.